The van der Waals surface area contributed by atoms with Gasteiger partial charge < -0.3 is 9.84 Å². The smallest absolute Gasteiger partial charge is 0.165 e. The Bertz CT molecular complexity index is 88.5. The van der Waals surface area contributed by atoms with Crippen LogP contribution in [0.15, 0.2) is 0 Å². The molecule has 1 fully saturated rings. The van der Waals surface area contributed by atoms with Crippen LogP contribution in [0.2, 0.25) is 0 Å². The van der Waals surface area contributed by atoms with Crippen molar-refractivity contribution in [2.24, 2.45) is 5.92 Å². The average molecular weight is 116 g/mol. The molecule has 48 valence electrons. The van der Waals surface area contributed by atoms with Crippen LogP contribution in [-0.2, 0) is 4.74 Å². The van der Waals surface area contributed by atoms with Gasteiger partial charge in [0.15, 0.2) is 5.79 Å². The average Bonchev–Trinajstić information content (AvgIpc) is 1.86. The number of hydrogen-bond acceptors (Lipinski definition) is 2. The molecule has 2 nitrogen and oxygen atoms in total. The Hall–Kier alpha value is -0.0800. The second-order valence-corrected chi connectivity index (χ2v) is 2.59. The number of rotatable bonds is 0. The summed E-state index contributed by atoms with van der Waals surface area (Å²) in [5.41, 5.74) is 0. The maximum absolute atomic E-state index is 9.24. The molecular weight excluding hydrogens is 104 g/mol. The predicted molar refractivity (Wildman–Crippen MR) is 30.4 cm³/mol. The summed E-state index contributed by atoms with van der Waals surface area (Å²) in [5, 5.41) is 9.24. The van der Waals surface area contributed by atoms with Crippen molar-refractivity contribution in [2.75, 3.05) is 6.61 Å². The van der Waals surface area contributed by atoms with Crippen molar-refractivity contribution >= 4 is 0 Å². The van der Waals surface area contributed by atoms with E-state index in [1.807, 2.05) is 6.92 Å². The molecule has 0 radical (unpaired) electrons. The second kappa shape index (κ2) is 1.71. The van der Waals surface area contributed by atoms with E-state index in [9.17, 15) is 5.11 Å². The van der Waals surface area contributed by atoms with Crippen LogP contribution in [0.25, 0.3) is 0 Å². The Kier molecular flexibility index (Phi) is 1.29. The van der Waals surface area contributed by atoms with Crippen molar-refractivity contribution in [1.29, 1.82) is 0 Å². The molecule has 0 aromatic carbocycles. The molecule has 0 aromatic rings. The molecular formula is C6H12O2. The highest BCUT2D eigenvalue weighted by molar-refractivity contribution is 4.74. The van der Waals surface area contributed by atoms with Gasteiger partial charge in [0, 0.05) is 5.92 Å². The van der Waals surface area contributed by atoms with Crippen LogP contribution in [0, 0.1) is 5.92 Å². The Morgan fingerprint density at radius 3 is 2.50 bits per heavy atom. The van der Waals surface area contributed by atoms with Gasteiger partial charge in [-0.3, -0.25) is 0 Å². The monoisotopic (exact) mass is 116 g/mol. The highest BCUT2D eigenvalue weighted by atomic mass is 16.6. The molecule has 1 rings (SSSR count). The van der Waals surface area contributed by atoms with E-state index in [1.54, 1.807) is 6.92 Å². The minimum Gasteiger partial charge on any atom is -0.365 e. The lowest BCUT2D eigenvalue weighted by molar-refractivity contribution is -0.176. The third-order valence-electron chi connectivity index (χ3n) is 1.86. The summed E-state index contributed by atoms with van der Waals surface area (Å²) in [6, 6.07) is 0. The summed E-state index contributed by atoms with van der Waals surface area (Å²) in [4.78, 5) is 0. The fourth-order valence-corrected chi connectivity index (χ4v) is 0.852. The molecule has 1 N–H and O–H groups in total. The van der Waals surface area contributed by atoms with Gasteiger partial charge >= 0.3 is 0 Å². The van der Waals surface area contributed by atoms with Crippen LogP contribution in [0.3, 0.4) is 0 Å². The molecule has 1 aliphatic rings. The van der Waals surface area contributed by atoms with Crippen molar-refractivity contribution in [1.82, 2.24) is 0 Å². The van der Waals surface area contributed by atoms with E-state index in [0.29, 0.717) is 12.5 Å². The summed E-state index contributed by atoms with van der Waals surface area (Å²) in [5.74, 6) is -0.553. The van der Waals surface area contributed by atoms with E-state index in [0.717, 1.165) is 6.42 Å². The summed E-state index contributed by atoms with van der Waals surface area (Å²) in [6.45, 7) is 4.41. The van der Waals surface area contributed by atoms with E-state index in [2.05, 4.69) is 0 Å². The van der Waals surface area contributed by atoms with Crippen molar-refractivity contribution in [3.63, 3.8) is 0 Å². The van der Waals surface area contributed by atoms with Gasteiger partial charge in [0.2, 0.25) is 0 Å². The Labute approximate surface area is 49.5 Å². The van der Waals surface area contributed by atoms with Gasteiger partial charge in [0.05, 0.1) is 6.61 Å². The summed E-state index contributed by atoms with van der Waals surface area (Å²) in [7, 11) is 0. The van der Waals surface area contributed by atoms with Crippen LogP contribution >= 0.6 is 0 Å². The van der Waals surface area contributed by atoms with E-state index in [-0.39, 0.29) is 0 Å². The number of ether oxygens (including phenoxy) is 1. The summed E-state index contributed by atoms with van der Waals surface area (Å²) < 4.78 is 5.01. The highest BCUT2D eigenvalue weighted by Gasteiger charge is 2.34. The first-order chi connectivity index (χ1) is 3.63. The zero-order valence-corrected chi connectivity index (χ0v) is 5.35. The fraction of sp³-hybridized carbons (Fsp3) is 1.00. The lowest BCUT2D eigenvalue weighted by Crippen LogP contribution is -2.28. The molecule has 0 saturated carbocycles. The Morgan fingerprint density at radius 2 is 2.38 bits per heavy atom. The van der Waals surface area contributed by atoms with Gasteiger partial charge in [0.1, 0.15) is 0 Å². The molecule has 0 spiro atoms. The summed E-state index contributed by atoms with van der Waals surface area (Å²) >= 11 is 0. The lowest BCUT2D eigenvalue weighted by atomic mass is 10.0. The van der Waals surface area contributed by atoms with Gasteiger partial charge in [-0.05, 0) is 13.3 Å². The molecule has 0 amide bonds. The quantitative estimate of drug-likeness (QED) is 0.506. The minimum absolute atomic E-state index is 0.294. The van der Waals surface area contributed by atoms with Gasteiger partial charge in [-0.1, -0.05) is 6.92 Å². The molecule has 1 aliphatic heterocycles. The maximum atomic E-state index is 9.24. The van der Waals surface area contributed by atoms with Gasteiger partial charge in [-0.15, -0.1) is 0 Å². The number of aliphatic hydroxyl groups is 1. The first-order valence-corrected chi connectivity index (χ1v) is 2.99. The van der Waals surface area contributed by atoms with Crippen molar-refractivity contribution < 1.29 is 9.84 Å². The van der Waals surface area contributed by atoms with Crippen molar-refractivity contribution in [2.45, 2.75) is 26.1 Å². The third-order valence-corrected chi connectivity index (χ3v) is 1.86. The van der Waals surface area contributed by atoms with E-state index < -0.39 is 5.79 Å². The van der Waals surface area contributed by atoms with Crippen molar-refractivity contribution in [3.05, 3.63) is 0 Å². The Morgan fingerprint density at radius 1 is 1.75 bits per heavy atom. The van der Waals surface area contributed by atoms with Crippen LogP contribution in [0.4, 0.5) is 0 Å². The molecule has 0 aromatic heterocycles. The normalized spacial score (nSPS) is 47.6. The maximum Gasteiger partial charge on any atom is 0.165 e. The van der Waals surface area contributed by atoms with Gasteiger partial charge in [-0.25, -0.2) is 0 Å². The highest BCUT2D eigenvalue weighted by Crippen LogP contribution is 2.27. The third kappa shape index (κ3) is 0.858. The van der Waals surface area contributed by atoms with E-state index in [1.165, 1.54) is 0 Å². The molecule has 0 unspecified atom stereocenters. The van der Waals surface area contributed by atoms with Crippen LogP contribution in [0.5, 0.6) is 0 Å². The zero-order valence-electron chi connectivity index (χ0n) is 5.35. The first-order valence-electron chi connectivity index (χ1n) is 2.99. The zero-order chi connectivity index (χ0) is 6.20. The SMILES string of the molecule is C[C@@H]1CCO[C@]1(C)O. The van der Waals surface area contributed by atoms with E-state index >= 15 is 0 Å². The van der Waals surface area contributed by atoms with Crippen LogP contribution < -0.4 is 0 Å². The molecule has 1 heterocycles. The number of hydrogen-bond donors (Lipinski definition) is 1. The minimum atomic E-state index is -0.847. The van der Waals surface area contributed by atoms with Crippen molar-refractivity contribution in [3.8, 4) is 0 Å². The fourth-order valence-electron chi connectivity index (χ4n) is 0.852. The topological polar surface area (TPSA) is 29.5 Å². The first kappa shape index (κ1) is 6.05. The second-order valence-electron chi connectivity index (χ2n) is 2.59. The van der Waals surface area contributed by atoms with E-state index in [4.69, 9.17) is 4.74 Å². The molecule has 8 heavy (non-hydrogen) atoms. The predicted octanol–water partition coefficient (Wildman–Crippen LogP) is 0.751. The molecule has 2 atom stereocenters. The lowest BCUT2D eigenvalue weighted by Gasteiger charge is -2.19. The van der Waals surface area contributed by atoms with Crippen LogP contribution in [0.1, 0.15) is 20.3 Å². The Balaban J connectivity index is 2.54. The largest absolute Gasteiger partial charge is 0.365 e. The molecule has 2 heteroatoms. The van der Waals surface area contributed by atoms with Crippen LogP contribution in [-0.4, -0.2) is 17.5 Å². The molecule has 0 aliphatic carbocycles. The van der Waals surface area contributed by atoms with Gasteiger partial charge in [-0.2, -0.15) is 0 Å². The summed E-state index contributed by atoms with van der Waals surface area (Å²) in [6.07, 6.45) is 0.979. The molecule has 1 saturated heterocycles. The van der Waals surface area contributed by atoms with Gasteiger partial charge in [0.25, 0.3) is 0 Å². The standard InChI is InChI=1S/C6H12O2/c1-5-3-4-8-6(5,2)7/h5,7H,3-4H2,1-2H3/t5-,6+/m1/s1. The molecule has 0 bridgehead atoms.